The van der Waals surface area contributed by atoms with Crippen molar-refractivity contribution in [2.45, 2.75) is 6.92 Å². The average Bonchev–Trinajstić information content (AvgIpc) is 3.28. The molecule has 1 saturated heterocycles. The van der Waals surface area contributed by atoms with Crippen LogP contribution in [0.2, 0.25) is 0 Å². The molecule has 2 aliphatic heterocycles. The van der Waals surface area contributed by atoms with Crippen LogP contribution in [-0.4, -0.2) is 64.8 Å². The van der Waals surface area contributed by atoms with Crippen LogP contribution in [-0.2, 0) is 0 Å². The average molecular weight is 342 g/mol. The van der Waals surface area contributed by atoms with E-state index in [1.807, 2.05) is 6.92 Å². The largest absolute Gasteiger partial charge is 0.454 e. The zero-order valence-electron chi connectivity index (χ0n) is 13.8. The van der Waals surface area contributed by atoms with Crippen molar-refractivity contribution in [3.8, 4) is 11.5 Å². The van der Waals surface area contributed by atoms with Gasteiger partial charge in [0.05, 0.1) is 0 Å². The summed E-state index contributed by atoms with van der Waals surface area (Å²) in [5, 5.41) is 6.78. The van der Waals surface area contributed by atoms with Crippen LogP contribution in [0.1, 0.15) is 26.5 Å². The molecule has 2 amide bonds. The lowest BCUT2D eigenvalue weighted by Gasteiger charge is -2.34. The Morgan fingerprint density at radius 1 is 1.00 bits per heavy atom. The maximum Gasteiger partial charge on any atom is 0.274 e. The highest BCUT2D eigenvalue weighted by atomic mass is 16.7. The summed E-state index contributed by atoms with van der Waals surface area (Å²) < 4.78 is 10.6. The van der Waals surface area contributed by atoms with Crippen LogP contribution >= 0.6 is 0 Å². The molecule has 2 aromatic rings. The third-order valence-electron chi connectivity index (χ3n) is 4.40. The number of aryl methyl sites for hydroxylation is 1. The molecule has 1 aromatic heterocycles. The number of aromatic nitrogens is 2. The summed E-state index contributed by atoms with van der Waals surface area (Å²) in [6, 6.07) is 6.91. The van der Waals surface area contributed by atoms with E-state index < -0.39 is 0 Å². The van der Waals surface area contributed by atoms with Crippen LogP contribution in [0.25, 0.3) is 0 Å². The van der Waals surface area contributed by atoms with E-state index in [1.54, 1.807) is 34.1 Å². The second kappa shape index (κ2) is 6.12. The molecular weight excluding hydrogens is 324 g/mol. The molecular formula is C17H18N4O4. The van der Waals surface area contributed by atoms with Crippen LogP contribution in [0.15, 0.2) is 24.3 Å². The van der Waals surface area contributed by atoms with Crippen molar-refractivity contribution < 1.29 is 19.1 Å². The molecule has 3 heterocycles. The third kappa shape index (κ3) is 2.90. The fourth-order valence-electron chi connectivity index (χ4n) is 3.01. The summed E-state index contributed by atoms with van der Waals surface area (Å²) in [6.07, 6.45) is 0. The molecule has 2 aliphatic rings. The normalized spacial score (nSPS) is 16.2. The number of hydrogen-bond acceptors (Lipinski definition) is 5. The van der Waals surface area contributed by atoms with Gasteiger partial charge in [-0.15, -0.1) is 0 Å². The van der Waals surface area contributed by atoms with Gasteiger partial charge in [0.25, 0.3) is 11.8 Å². The Morgan fingerprint density at radius 2 is 1.68 bits per heavy atom. The Morgan fingerprint density at radius 3 is 2.36 bits per heavy atom. The van der Waals surface area contributed by atoms with Crippen molar-refractivity contribution in [1.82, 2.24) is 20.0 Å². The van der Waals surface area contributed by atoms with E-state index >= 15 is 0 Å². The molecule has 1 aromatic carbocycles. The molecule has 0 radical (unpaired) electrons. The van der Waals surface area contributed by atoms with Gasteiger partial charge in [-0.25, -0.2) is 0 Å². The molecule has 1 fully saturated rings. The second-order valence-electron chi connectivity index (χ2n) is 6.09. The van der Waals surface area contributed by atoms with Crippen molar-refractivity contribution in [1.29, 1.82) is 0 Å². The molecule has 0 spiro atoms. The highest BCUT2D eigenvalue weighted by Gasteiger charge is 2.27. The smallest absolute Gasteiger partial charge is 0.274 e. The fourth-order valence-corrected chi connectivity index (χ4v) is 3.01. The number of rotatable bonds is 2. The van der Waals surface area contributed by atoms with Crippen LogP contribution in [0, 0.1) is 6.92 Å². The van der Waals surface area contributed by atoms with E-state index in [0.717, 1.165) is 5.69 Å². The van der Waals surface area contributed by atoms with Gasteiger partial charge in [0.1, 0.15) is 5.69 Å². The number of benzene rings is 1. The Labute approximate surface area is 144 Å². The molecule has 0 unspecified atom stereocenters. The summed E-state index contributed by atoms with van der Waals surface area (Å²) in [5.74, 6) is 1.07. The molecule has 8 nitrogen and oxygen atoms in total. The van der Waals surface area contributed by atoms with E-state index in [0.29, 0.717) is 48.9 Å². The van der Waals surface area contributed by atoms with E-state index in [1.165, 1.54) is 0 Å². The summed E-state index contributed by atoms with van der Waals surface area (Å²) in [5.41, 5.74) is 1.82. The number of H-pyrrole nitrogens is 1. The number of aromatic amines is 1. The lowest BCUT2D eigenvalue weighted by atomic mass is 10.1. The van der Waals surface area contributed by atoms with Gasteiger partial charge in [-0.1, -0.05) is 0 Å². The summed E-state index contributed by atoms with van der Waals surface area (Å²) in [4.78, 5) is 28.5. The number of ether oxygens (including phenoxy) is 2. The fraction of sp³-hybridized carbons (Fsp3) is 0.353. The van der Waals surface area contributed by atoms with Gasteiger partial charge < -0.3 is 19.3 Å². The van der Waals surface area contributed by atoms with Gasteiger partial charge in [0.2, 0.25) is 6.79 Å². The predicted molar refractivity (Wildman–Crippen MR) is 87.7 cm³/mol. The van der Waals surface area contributed by atoms with Crippen LogP contribution < -0.4 is 9.47 Å². The maximum absolute atomic E-state index is 12.7. The van der Waals surface area contributed by atoms with Gasteiger partial charge in [0.15, 0.2) is 11.5 Å². The van der Waals surface area contributed by atoms with Gasteiger partial charge in [-0.05, 0) is 31.2 Å². The molecule has 0 bridgehead atoms. The Bertz CT molecular complexity index is 824. The number of hydrogen-bond donors (Lipinski definition) is 1. The first-order chi connectivity index (χ1) is 12.1. The minimum absolute atomic E-state index is 0.0685. The van der Waals surface area contributed by atoms with E-state index in [-0.39, 0.29) is 18.6 Å². The standard InChI is InChI=1S/C17H18N4O4/c1-11-8-13(19-18-11)17(23)21-6-4-20(5-7-21)16(22)12-2-3-14-15(9-12)25-10-24-14/h2-3,8-9H,4-7,10H2,1H3,(H,18,19). The Balaban J connectivity index is 1.40. The van der Waals surface area contributed by atoms with Crippen molar-refractivity contribution >= 4 is 11.8 Å². The van der Waals surface area contributed by atoms with Crippen molar-refractivity contribution in [2.75, 3.05) is 33.0 Å². The van der Waals surface area contributed by atoms with Gasteiger partial charge in [0, 0.05) is 37.4 Å². The lowest BCUT2D eigenvalue weighted by Crippen LogP contribution is -2.50. The number of nitrogens with one attached hydrogen (secondary N) is 1. The topological polar surface area (TPSA) is 87.8 Å². The van der Waals surface area contributed by atoms with Crippen LogP contribution in [0.5, 0.6) is 11.5 Å². The SMILES string of the molecule is Cc1cc(C(=O)N2CCN(C(=O)c3ccc4c(c3)OCO4)CC2)n[nH]1. The lowest BCUT2D eigenvalue weighted by molar-refractivity contribution is 0.0532. The highest BCUT2D eigenvalue weighted by molar-refractivity contribution is 5.96. The van der Waals surface area contributed by atoms with E-state index in [4.69, 9.17) is 9.47 Å². The third-order valence-corrected chi connectivity index (χ3v) is 4.40. The number of amides is 2. The Hall–Kier alpha value is -3.03. The van der Waals surface area contributed by atoms with E-state index in [9.17, 15) is 9.59 Å². The van der Waals surface area contributed by atoms with Gasteiger partial charge in [-0.2, -0.15) is 5.10 Å². The van der Waals surface area contributed by atoms with E-state index in [2.05, 4.69) is 10.2 Å². The predicted octanol–water partition coefficient (Wildman–Crippen LogP) is 1.05. The molecule has 0 atom stereocenters. The summed E-state index contributed by atoms with van der Waals surface area (Å²) in [6.45, 7) is 3.99. The first-order valence-corrected chi connectivity index (χ1v) is 8.12. The minimum Gasteiger partial charge on any atom is -0.454 e. The summed E-state index contributed by atoms with van der Waals surface area (Å²) >= 11 is 0. The number of fused-ring (bicyclic) bond motifs is 1. The molecule has 4 rings (SSSR count). The summed E-state index contributed by atoms with van der Waals surface area (Å²) in [7, 11) is 0. The quantitative estimate of drug-likeness (QED) is 0.881. The van der Waals surface area contributed by atoms with Crippen molar-refractivity contribution in [3.05, 3.63) is 41.2 Å². The molecule has 0 saturated carbocycles. The minimum atomic E-state index is -0.112. The monoisotopic (exact) mass is 342 g/mol. The van der Waals surface area contributed by atoms with Gasteiger partial charge >= 0.3 is 0 Å². The highest BCUT2D eigenvalue weighted by Crippen LogP contribution is 2.32. The van der Waals surface area contributed by atoms with Crippen LogP contribution in [0.4, 0.5) is 0 Å². The first-order valence-electron chi connectivity index (χ1n) is 8.12. The van der Waals surface area contributed by atoms with Crippen molar-refractivity contribution in [3.63, 3.8) is 0 Å². The zero-order valence-corrected chi connectivity index (χ0v) is 13.8. The van der Waals surface area contributed by atoms with Crippen LogP contribution in [0.3, 0.4) is 0 Å². The maximum atomic E-state index is 12.7. The molecule has 1 N–H and O–H groups in total. The first kappa shape index (κ1) is 15.5. The number of carbonyl (C=O) groups is 2. The van der Waals surface area contributed by atoms with Crippen molar-refractivity contribution in [2.24, 2.45) is 0 Å². The second-order valence-corrected chi connectivity index (χ2v) is 6.09. The molecule has 130 valence electrons. The zero-order chi connectivity index (χ0) is 17.4. The molecule has 25 heavy (non-hydrogen) atoms. The number of nitrogens with zero attached hydrogens (tertiary/aromatic N) is 3. The van der Waals surface area contributed by atoms with Gasteiger partial charge in [-0.3, -0.25) is 14.7 Å². The molecule has 0 aliphatic carbocycles. The molecule has 8 heteroatoms. The number of carbonyl (C=O) groups excluding carboxylic acids is 2. The number of piperazine rings is 1. The Kier molecular flexibility index (Phi) is 3.79.